The van der Waals surface area contributed by atoms with Gasteiger partial charge in [-0.25, -0.2) is 8.42 Å². The van der Waals surface area contributed by atoms with Gasteiger partial charge < -0.3 is 14.2 Å². The molecule has 7 nitrogen and oxygen atoms in total. The van der Waals surface area contributed by atoms with Gasteiger partial charge in [-0.2, -0.15) is 0 Å². The molecule has 1 fully saturated rings. The summed E-state index contributed by atoms with van der Waals surface area (Å²) < 4.78 is 30.3. The highest BCUT2D eigenvalue weighted by molar-refractivity contribution is 7.91. The molecule has 174 valence electrons. The van der Waals surface area contributed by atoms with Gasteiger partial charge in [0, 0.05) is 38.4 Å². The molecule has 1 aromatic heterocycles. The van der Waals surface area contributed by atoms with Crippen LogP contribution in [0, 0.1) is 13.8 Å². The SMILES string of the molecule is Cc1ccc2c(=O)cc(C(=O)N(Cc3ccc(N(C)C)cc3)[C@H]3CCS(=O)(=O)C3)oc2c1C. The fourth-order valence-electron chi connectivity index (χ4n) is 4.18. The summed E-state index contributed by atoms with van der Waals surface area (Å²) in [6.07, 6.45) is 0.361. The fraction of sp³-hybridized carbons (Fsp3) is 0.360. The first-order chi connectivity index (χ1) is 15.6. The van der Waals surface area contributed by atoms with Crippen LogP contribution in [0.3, 0.4) is 0 Å². The number of carbonyl (C=O) groups excluding carboxylic acids is 1. The van der Waals surface area contributed by atoms with Crippen LogP contribution in [-0.4, -0.2) is 50.9 Å². The second kappa shape index (κ2) is 8.67. The Morgan fingerprint density at radius 3 is 2.39 bits per heavy atom. The summed E-state index contributed by atoms with van der Waals surface area (Å²) in [5.41, 5.74) is 3.74. The third-order valence-electron chi connectivity index (χ3n) is 6.34. The summed E-state index contributed by atoms with van der Waals surface area (Å²) in [6.45, 7) is 3.99. The van der Waals surface area contributed by atoms with Crippen molar-refractivity contribution in [2.45, 2.75) is 32.9 Å². The Balaban J connectivity index is 1.74. The van der Waals surface area contributed by atoms with Crippen molar-refractivity contribution in [3.05, 3.63) is 75.1 Å². The minimum atomic E-state index is -3.21. The smallest absolute Gasteiger partial charge is 0.290 e. The molecule has 8 heteroatoms. The van der Waals surface area contributed by atoms with Crippen LogP contribution in [0.4, 0.5) is 5.69 Å². The molecular weight excluding hydrogens is 440 g/mol. The molecule has 0 radical (unpaired) electrons. The Morgan fingerprint density at radius 1 is 1.09 bits per heavy atom. The van der Waals surface area contributed by atoms with Gasteiger partial charge in [-0.1, -0.05) is 18.2 Å². The molecule has 0 aliphatic carbocycles. The molecule has 0 unspecified atom stereocenters. The van der Waals surface area contributed by atoms with Crippen molar-refractivity contribution in [3.8, 4) is 0 Å². The van der Waals surface area contributed by atoms with Crippen LogP contribution >= 0.6 is 0 Å². The highest BCUT2D eigenvalue weighted by Gasteiger charge is 2.36. The molecule has 3 aromatic rings. The predicted molar refractivity (Wildman–Crippen MR) is 130 cm³/mol. The Labute approximate surface area is 193 Å². The second-order valence-corrected chi connectivity index (χ2v) is 11.1. The molecule has 1 aliphatic rings. The Bertz CT molecular complexity index is 1370. The van der Waals surface area contributed by atoms with Gasteiger partial charge in [0.2, 0.25) is 0 Å². The molecule has 1 amide bonds. The summed E-state index contributed by atoms with van der Waals surface area (Å²) in [5, 5.41) is 0.420. The van der Waals surface area contributed by atoms with Gasteiger partial charge in [0.1, 0.15) is 5.58 Å². The minimum Gasteiger partial charge on any atom is -0.450 e. The first kappa shape index (κ1) is 23.0. The highest BCUT2D eigenvalue weighted by Crippen LogP contribution is 2.25. The fourth-order valence-corrected chi connectivity index (χ4v) is 5.91. The van der Waals surface area contributed by atoms with Crippen LogP contribution in [-0.2, 0) is 16.4 Å². The molecule has 4 rings (SSSR count). The Morgan fingerprint density at radius 2 is 1.79 bits per heavy atom. The number of carbonyl (C=O) groups is 1. The van der Waals surface area contributed by atoms with Crippen LogP contribution in [0.1, 0.15) is 33.7 Å². The second-order valence-electron chi connectivity index (χ2n) is 8.91. The standard InChI is InChI=1S/C25H28N2O5S/c1-16-5-10-21-22(28)13-23(32-24(21)17(16)2)25(29)27(20-11-12-33(30,31)15-20)14-18-6-8-19(9-7-18)26(3)4/h5-10,13,20H,11-12,14-15H2,1-4H3/t20-/m0/s1. The number of fused-ring (bicyclic) bond motifs is 1. The van der Waals surface area contributed by atoms with E-state index in [0.717, 1.165) is 22.4 Å². The zero-order valence-corrected chi connectivity index (χ0v) is 20.1. The third-order valence-corrected chi connectivity index (χ3v) is 8.09. The molecule has 1 aliphatic heterocycles. The minimum absolute atomic E-state index is 0.0426. The molecule has 2 aromatic carbocycles. The number of sulfone groups is 1. The van der Waals surface area contributed by atoms with Crippen molar-refractivity contribution in [1.29, 1.82) is 0 Å². The van der Waals surface area contributed by atoms with Crippen molar-refractivity contribution in [1.82, 2.24) is 4.90 Å². The predicted octanol–water partition coefficient (Wildman–Crippen LogP) is 3.31. The normalized spacial score (nSPS) is 17.3. The van der Waals surface area contributed by atoms with Crippen LogP contribution in [0.5, 0.6) is 0 Å². The number of hydrogen-bond acceptors (Lipinski definition) is 6. The maximum Gasteiger partial charge on any atom is 0.290 e. The largest absolute Gasteiger partial charge is 0.450 e. The van der Waals surface area contributed by atoms with E-state index in [-0.39, 0.29) is 29.2 Å². The molecule has 0 saturated carbocycles. The molecule has 1 saturated heterocycles. The lowest BCUT2D eigenvalue weighted by Crippen LogP contribution is -2.41. The van der Waals surface area contributed by atoms with Gasteiger partial charge >= 0.3 is 0 Å². The van der Waals surface area contributed by atoms with Crippen molar-refractivity contribution in [2.24, 2.45) is 0 Å². The average molecular weight is 469 g/mol. The lowest BCUT2D eigenvalue weighted by Gasteiger charge is -2.28. The summed E-state index contributed by atoms with van der Waals surface area (Å²) in [5.74, 6) is -0.602. The topological polar surface area (TPSA) is 87.9 Å². The van der Waals surface area contributed by atoms with Crippen molar-refractivity contribution >= 4 is 32.4 Å². The number of anilines is 1. The summed E-state index contributed by atoms with van der Waals surface area (Å²) in [4.78, 5) is 29.9. The number of hydrogen-bond donors (Lipinski definition) is 0. The van der Waals surface area contributed by atoms with Crippen molar-refractivity contribution in [2.75, 3.05) is 30.5 Å². The van der Waals surface area contributed by atoms with Gasteiger partial charge in [0.15, 0.2) is 21.0 Å². The maximum atomic E-state index is 13.6. The highest BCUT2D eigenvalue weighted by atomic mass is 32.2. The van der Waals surface area contributed by atoms with E-state index in [1.165, 1.54) is 11.0 Å². The lowest BCUT2D eigenvalue weighted by atomic mass is 10.1. The zero-order chi connectivity index (χ0) is 23.9. The molecule has 1 atom stereocenters. The Kier molecular flexibility index (Phi) is 6.05. The molecule has 0 spiro atoms. The van der Waals surface area contributed by atoms with Crippen LogP contribution in [0.2, 0.25) is 0 Å². The number of benzene rings is 2. The Hall–Kier alpha value is -3.13. The average Bonchev–Trinajstić information content (AvgIpc) is 3.13. The first-order valence-electron chi connectivity index (χ1n) is 10.9. The van der Waals surface area contributed by atoms with Crippen molar-refractivity contribution in [3.63, 3.8) is 0 Å². The van der Waals surface area contributed by atoms with E-state index < -0.39 is 21.8 Å². The number of aryl methyl sites for hydroxylation is 2. The van der Waals surface area contributed by atoms with Crippen LogP contribution in [0.15, 0.2) is 51.7 Å². The van der Waals surface area contributed by atoms with Gasteiger partial charge in [-0.05, 0) is 55.2 Å². The number of amides is 1. The molecule has 0 bridgehead atoms. The number of nitrogens with zero attached hydrogens (tertiary/aromatic N) is 2. The van der Waals surface area contributed by atoms with E-state index in [1.54, 1.807) is 6.07 Å². The van der Waals surface area contributed by atoms with E-state index in [2.05, 4.69) is 0 Å². The quantitative estimate of drug-likeness (QED) is 0.571. The van der Waals surface area contributed by atoms with E-state index in [4.69, 9.17) is 4.42 Å². The monoisotopic (exact) mass is 468 g/mol. The molecule has 33 heavy (non-hydrogen) atoms. The first-order valence-corrected chi connectivity index (χ1v) is 12.7. The zero-order valence-electron chi connectivity index (χ0n) is 19.3. The lowest BCUT2D eigenvalue weighted by molar-refractivity contribution is 0.0648. The van der Waals surface area contributed by atoms with E-state index >= 15 is 0 Å². The number of rotatable bonds is 5. The van der Waals surface area contributed by atoms with Gasteiger partial charge in [0.05, 0.1) is 16.9 Å². The van der Waals surface area contributed by atoms with E-state index in [0.29, 0.717) is 17.4 Å². The summed E-state index contributed by atoms with van der Waals surface area (Å²) in [7, 11) is 0.674. The molecular formula is C25H28N2O5S. The molecule has 0 N–H and O–H groups in total. The van der Waals surface area contributed by atoms with Gasteiger partial charge in [-0.15, -0.1) is 0 Å². The maximum absolute atomic E-state index is 13.6. The molecule has 2 heterocycles. The van der Waals surface area contributed by atoms with Gasteiger partial charge in [0.25, 0.3) is 5.91 Å². The summed E-state index contributed by atoms with van der Waals surface area (Å²) in [6, 6.07) is 12.0. The van der Waals surface area contributed by atoms with E-state index in [9.17, 15) is 18.0 Å². The van der Waals surface area contributed by atoms with Crippen molar-refractivity contribution < 1.29 is 17.6 Å². The van der Waals surface area contributed by atoms with Gasteiger partial charge in [-0.3, -0.25) is 9.59 Å². The summed E-state index contributed by atoms with van der Waals surface area (Å²) >= 11 is 0. The van der Waals surface area contributed by atoms with Crippen LogP contribution in [0.25, 0.3) is 11.0 Å². The van der Waals surface area contributed by atoms with E-state index in [1.807, 2.05) is 63.2 Å². The third kappa shape index (κ3) is 4.66. The van der Waals surface area contributed by atoms with Crippen LogP contribution < -0.4 is 10.3 Å².